The fourth-order valence-corrected chi connectivity index (χ4v) is 16.3. The number of methoxy groups -OCH3 is 2. The molecular weight excluding hydrogens is 842 g/mol. The van der Waals surface area contributed by atoms with Crippen molar-refractivity contribution in [2.24, 2.45) is 5.92 Å². The molecule has 0 radical (unpaired) electrons. The molecule has 2 saturated heterocycles. The highest BCUT2D eigenvalue weighted by molar-refractivity contribution is 8.68. The first-order chi connectivity index (χ1) is 29.8. The van der Waals surface area contributed by atoms with Crippen LogP contribution in [0.5, 0.6) is 11.5 Å². The third kappa shape index (κ3) is 8.95. The average molecular weight is 894 g/mol. The molecule has 2 aliphatic heterocycles. The van der Waals surface area contributed by atoms with Gasteiger partial charge in [0.05, 0.1) is 33.0 Å². The van der Waals surface area contributed by atoms with Gasteiger partial charge in [0.15, 0.2) is 0 Å². The number of aryl methyl sites for hydroxylation is 1. The zero-order chi connectivity index (χ0) is 43.6. The number of aromatic nitrogens is 2. The summed E-state index contributed by atoms with van der Waals surface area (Å²) in [4.78, 5) is 31.2. The molecule has 14 heteroatoms. The molecule has 11 nitrogen and oxygen atoms in total. The van der Waals surface area contributed by atoms with E-state index < -0.39 is 35.4 Å². The van der Waals surface area contributed by atoms with Gasteiger partial charge in [0.2, 0.25) is 5.69 Å². The molecule has 1 amide bonds. The van der Waals surface area contributed by atoms with Gasteiger partial charge in [-0.2, -0.15) is 4.98 Å². The fraction of sp³-hybridized carbons (Fsp3) is 0.354. The fourth-order valence-electron chi connectivity index (χ4n) is 8.68. The molecule has 5 aromatic rings. The molecular formula is C48H52N3O8PS2. The SMILES string of the molecule is C=C(C)C1CC[C@@]2(C)S[P@@](=S)(O[C@H]3C[C@H](n4cc(C)c(NC(=O)c5ccccc5)nc4=O)O[C@@H]3COC(c3ccccc3)(c3ccc(OC)cc3)c3ccc(OC)cc3)O[C@@H]2C1. The van der Waals surface area contributed by atoms with Crippen LogP contribution in [0.1, 0.15) is 78.4 Å². The molecule has 1 saturated carbocycles. The van der Waals surface area contributed by atoms with Crippen molar-refractivity contribution >= 4 is 40.6 Å². The third-order valence-electron chi connectivity index (χ3n) is 12.2. The molecule has 324 valence electrons. The van der Waals surface area contributed by atoms with Gasteiger partial charge >= 0.3 is 5.69 Å². The van der Waals surface area contributed by atoms with Crippen LogP contribution < -0.4 is 20.5 Å². The van der Waals surface area contributed by atoms with Crippen LogP contribution in [0.2, 0.25) is 0 Å². The second kappa shape index (κ2) is 18.3. The molecule has 1 N–H and O–H groups in total. The second-order valence-corrected chi connectivity index (χ2v) is 22.9. The van der Waals surface area contributed by atoms with Crippen LogP contribution in [0.15, 0.2) is 132 Å². The van der Waals surface area contributed by atoms with Crippen molar-refractivity contribution in [2.45, 2.75) is 81.3 Å². The van der Waals surface area contributed by atoms with Crippen LogP contribution in [0.4, 0.5) is 5.82 Å². The molecule has 1 unspecified atom stereocenters. The lowest BCUT2D eigenvalue weighted by molar-refractivity contribution is -0.0917. The smallest absolute Gasteiger partial charge is 0.351 e. The molecule has 7 atom stereocenters. The van der Waals surface area contributed by atoms with Gasteiger partial charge in [-0.25, -0.2) is 4.79 Å². The Morgan fingerprint density at radius 1 is 0.952 bits per heavy atom. The van der Waals surface area contributed by atoms with Crippen molar-refractivity contribution in [3.8, 4) is 11.5 Å². The average Bonchev–Trinajstić information content (AvgIpc) is 3.80. The number of nitrogens with one attached hydrogen (secondary N) is 1. The maximum absolute atomic E-state index is 13.9. The molecule has 1 aromatic heterocycles. The van der Waals surface area contributed by atoms with Crippen LogP contribution in [0.3, 0.4) is 0 Å². The first kappa shape index (κ1) is 44.0. The Bertz CT molecular complexity index is 2460. The van der Waals surface area contributed by atoms with E-state index in [9.17, 15) is 9.59 Å². The Balaban J connectivity index is 1.15. The zero-order valence-corrected chi connectivity index (χ0v) is 38.1. The van der Waals surface area contributed by atoms with Crippen LogP contribution in [0, 0.1) is 12.8 Å². The van der Waals surface area contributed by atoms with Crippen molar-refractivity contribution < 1.29 is 32.8 Å². The minimum atomic E-state index is -2.93. The van der Waals surface area contributed by atoms with Gasteiger partial charge in [-0.1, -0.05) is 96.3 Å². The summed E-state index contributed by atoms with van der Waals surface area (Å²) in [6, 6.07) is 34.5. The monoisotopic (exact) mass is 893 g/mol. The van der Waals surface area contributed by atoms with Crippen LogP contribution in [-0.2, 0) is 35.9 Å². The number of nitrogens with zero attached hydrogens (tertiary/aromatic N) is 2. The molecule has 3 fully saturated rings. The Morgan fingerprint density at radius 3 is 2.15 bits per heavy atom. The van der Waals surface area contributed by atoms with Crippen LogP contribution in [-0.4, -0.2) is 59.3 Å². The van der Waals surface area contributed by atoms with E-state index in [4.69, 9.17) is 39.8 Å². The summed E-state index contributed by atoms with van der Waals surface area (Å²) in [6.45, 7) is 10.4. The minimum Gasteiger partial charge on any atom is -0.497 e. The number of carbonyl (C=O) groups excluding carboxylic acids is 1. The number of amides is 1. The normalized spacial score (nSPS) is 25.8. The quantitative estimate of drug-likeness (QED) is 0.0652. The predicted octanol–water partition coefficient (Wildman–Crippen LogP) is 9.99. The largest absolute Gasteiger partial charge is 0.497 e. The summed E-state index contributed by atoms with van der Waals surface area (Å²) in [5.41, 5.74) is 0.143. The van der Waals surface area contributed by atoms with E-state index in [-0.39, 0.29) is 35.6 Å². The lowest BCUT2D eigenvalue weighted by Gasteiger charge is -2.37. The number of carbonyl (C=O) groups is 1. The molecule has 8 rings (SSSR count). The first-order valence-corrected chi connectivity index (χ1v) is 24.8. The lowest BCUT2D eigenvalue weighted by Crippen LogP contribution is -2.39. The molecule has 1 aliphatic carbocycles. The topological polar surface area (TPSA) is 119 Å². The number of ether oxygens (including phenoxy) is 4. The summed E-state index contributed by atoms with van der Waals surface area (Å²) in [7, 11) is 3.28. The highest BCUT2D eigenvalue weighted by atomic mass is 32.9. The lowest BCUT2D eigenvalue weighted by atomic mass is 9.77. The molecule has 0 spiro atoms. The Kier molecular flexibility index (Phi) is 13.0. The van der Waals surface area contributed by atoms with Crippen LogP contribution in [0.25, 0.3) is 0 Å². The van der Waals surface area contributed by atoms with Crippen molar-refractivity contribution in [3.05, 3.63) is 166 Å². The first-order valence-electron chi connectivity index (χ1n) is 20.8. The van der Waals surface area contributed by atoms with Gasteiger partial charge in [-0.15, -0.1) is 0 Å². The molecule has 3 aliphatic rings. The highest BCUT2D eigenvalue weighted by Crippen LogP contribution is 2.76. The van der Waals surface area contributed by atoms with Crippen molar-refractivity contribution in [2.75, 3.05) is 26.1 Å². The van der Waals surface area contributed by atoms with Gasteiger partial charge in [-0.3, -0.25) is 9.36 Å². The van der Waals surface area contributed by atoms with Gasteiger partial charge in [0.25, 0.3) is 5.91 Å². The van der Waals surface area contributed by atoms with Gasteiger partial charge < -0.3 is 33.3 Å². The van der Waals surface area contributed by atoms with E-state index in [1.807, 2.05) is 84.9 Å². The molecule has 4 aromatic carbocycles. The Morgan fingerprint density at radius 2 is 1.55 bits per heavy atom. The van der Waals surface area contributed by atoms with Crippen molar-refractivity contribution in [1.82, 2.24) is 9.55 Å². The van der Waals surface area contributed by atoms with E-state index in [1.54, 1.807) is 63.0 Å². The van der Waals surface area contributed by atoms with Crippen molar-refractivity contribution in [3.63, 3.8) is 0 Å². The highest BCUT2D eigenvalue weighted by Gasteiger charge is 2.55. The predicted molar refractivity (Wildman–Crippen MR) is 247 cm³/mol. The second-order valence-electron chi connectivity index (χ2n) is 16.4. The van der Waals surface area contributed by atoms with E-state index >= 15 is 0 Å². The van der Waals surface area contributed by atoms with E-state index in [2.05, 4.69) is 30.7 Å². The maximum Gasteiger partial charge on any atom is 0.351 e. The van der Waals surface area contributed by atoms with E-state index in [0.717, 1.165) is 41.5 Å². The Hall–Kier alpha value is -4.59. The number of fused-ring (bicyclic) bond motifs is 1. The minimum absolute atomic E-state index is 0.0406. The number of allylic oxidation sites excluding steroid dienone is 1. The van der Waals surface area contributed by atoms with Gasteiger partial charge in [0.1, 0.15) is 35.2 Å². The van der Waals surface area contributed by atoms with E-state index in [0.29, 0.717) is 28.5 Å². The standard InChI is InChI=1S/C48H52N3O8PS2/c1-31(2)34-25-26-47(4)42(27-34)59-60(61,62-47)58-40-28-43(51-29-32(3)44(50-46(51)53)49-45(52)33-13-9-7-10-14-33)57-41(40)30-56-48(35-15-11-8-12-16-35,36-17-21-38(54-5)22-18-36)37-19-23-39(55-6)24-20-37/h7-24,29,34,40-43H,1,25-28,30H2,2-6H3,(H,49,50,52,53)/t34?,40-,41+,42+,43+,47+,60-/m0/s1. The summed E-state index contributed by atoms with van der Waals surface area (Å²) in [5.74, 6) is 1.58. The molecule has 0 bridgehead atoms. The summed E-state index contributed by atoms with van der Waals surface area (Å²) in [6.07, 6.45) is 2.54. The Labute approximate surface area is 372 Å². The maximum atomic E-state index is 13.9. The number of hydrogen-bond acceptors (Lipinski definition) is 11. The summed E-state index contributed by atoms with van der Waals surface area (Å²) >= 11 is 7.99. The van der Waals surface area contributed by atoms with Crippen LogP contribution >= 0.6 is 17.1 Å². The summed E-state index contributed by atoms with van der Waals surface area (Å²) < 4.78 is 40.4. The number of anilines is 1. The molecule has 62 heavy (non-hydrogen) atoms. The third-order valence-corrected chi connectivity index (χ3v) is 18.0. The van der Waals surface area contributed by atoms with E-state index in [1.165, 1.54) is 4.57 Å². The van der Waals surface area contributed by atoms with Gasteiger partial charge in [0, 0.05) is 28.5 Å². The summed E-state index contributed by atoms with van der Waals surface area (Å²) in [5, 5.41) is 2.79. The zero-order valence-electron chi connectivity index (χ0n) is 35.5. The number of hydrogen-bond donors (Lipinski definition) is 1. The van der Waals surface area contributed by atoms with Gasteiger partial charge in [-0.05, 0) is 111 Å². The number of benzene rings is 4. The molecule has 3 heterocycles. The number of rotatable bonds is 14. The van der Waals surface area contributed by atoms with Crippen molar-refractivity contribution in [1.29, 1.82) is 0 Å².